The summed E-state index contributed by atoms with van der Waals surface area (Å²) < 4.78 is 7.76. The molecule has 0 amide bonds. The van der Waals surface area contributed by atoms with E-state index >= 15 is 0 Å². The second-order valence-corrected chi connectivity index (χ2v) is 8.65. The van der Waals surface area contributed by atoms with Crippen molar-refractivity contribution in [1.29, 1.82) is 0 Å². The van der Waals surface area contributed by atoms with Crippen LogP contribution >= 0.6 is 23.1 Å². The molecule has 0 atom stereocenters. The number of rotatable bonds is 7. The summed E-state index contributed by atoms with van der Waals surface area (Å²) in [4.78, 5) is 17.2. The van der Waals surface area contributed by atoms with Gasteiger partial charge in [-0.2, -0.15) is 0 Å². The van der Waals surface area contributed by atoms with Crippen LogP contribution in [0.5, 0.6) is 0 Å². The van der Waals surface area contributed by atoms with Crippen molar-refractivity contribution in [2.75, 3.05) is 5.75 Å². The number of carbonyl (C=O) groups excluding carboxylic acids is 1. The molecular weight excluding hydrogens is 404 g/mol. The maximum Gasteiger partial charge on any atom is 0.277 e. The van der Waals surface area contributed by atoms with Crippen LogP contribution in [-0.2, 0) is 6.42 Å². The number of thiazole rings is 1. The zero-order valence-corrected chi connectivity index (χ0v) is 18.0. The largest absolute Gasteiger partial charge is 0.416 e. The Kier molecular flexibility index (Phi) is 5.64. The van der Waals surface area contributed by atoms with Crippen LogP contribution in [-0.4, -0.2) is 31.3 Å². The van der Waals surface area contributed by atoms with E-state index in [0.717, 1.165) is 33.3 Å². The quantitative estimate of drug-likeness (QED) is 0.313. The van der Waals surface area contributed by atoms with Crippen LogP contribution in [0.15, 0.2) is 51.4 Å². The van der Waals surface area contributed by atoms with Crippen molar-refractivity contribution < 1.29 is 9.21 Å². The van der Waals surface area contributed by atoms with Crippen molar-refractivity contribution in [3.63, 3.8) is 0 Å². The molecule has 3 heterocycles. The van der Waals surface area contributed by atoms with E-state index in [1.807, 2.05) is 62.5 Å². The van der Waals surface area contributed by atoms with Gasteiger partial charge in [0.05, 0.1) is 22.9 Å². The number of benzene rings is 1. The molecule has 1 aromatic carbocycles. The average Bonchev–Trinajstić information content (AvgIpc) is 3.40. The lowest BCUT2D eigenvalue weighted by atomic mass is 10.2. The minimum atomic E-state index is 0.0418. The summed E-state index contributed by atoms with van der Waals surface area (Å²) in [5.41, 5.74) is 4.65. The van der Waals surface area contributed by atoms with E-state index in [1.54, 1.807) is 11.3 Å². The number of carbonyl (C=O) groups is 1. The van der Waals surface area contributed by atoms with Crippen molar-refractivity contribution in [3.05, 3.63) is 75.3 Å². The lowest BCUT2D eigenvalue weighted by Crippen LogP contribution is -2.05. The predicted octanol–water partition coefficient (Wildman–Crippen LogP) is 4.81. The van der Waals surface area contributed by atoms with E-state index in [9.17, 15) is 4.79 Å². The number of thioether (sulfide) groups is 1. The lowest BCUT2D eigenvalue weighted by Gasteiger charge is -2.09. The molecule has 4 aromatic rings. The molecule has 6 nitrogen and oxygen atoms in total. The van der Waals surface area contributed by atoms with E-state index < -0.39 is 0 Å². The van der Waals surface area contributed by atoms with Gasteiger partial charge in [-0.15, -0.1) is 21.5 Å². The lowest BCUT2D eigenvalue weighted by molar-refractivity contribution is 0.102. The van der Waals surface area contributed by atoms with Gasteiger partial charge in [0.15, 0.2) is 5.78 Å². The van der Waals surface area contributed by atoms with Gasteiger partial charge in [0.2, 0.25) is 5.89 Å². The fourth-order valence-electron chi connectivity index (χ4n) is 3.24. The van der Waals surface area contributed by atoms with Crippen molar-refractivity contribution in [2.45, 2.75) is 32.4 Å². The van der Waals surface area contributed by atoms with Crippen molar-refractivity contribution in [2.24, 2.45) is 0 Å². The zero-order chi connectivity index (χ0) is 20.4. The Hall–Kier alpha value is -2.71. The second kappa shape index (κ2) is 8.34. The molecule has 3 aromatic heterocycles. The Morgan fingerprint density at radius 3 is 2.69 bits per heavy atom. The highest BCUT2D eigenvalue weighted by Crippen LogP contribution is 2.24. The topological polar surface area (TPSA) is 73.8 Å². The fourth-order valence-corrected chi connectivity index (χ4v) is 4.51. The van der Waals surface area contributed by atoms with E-state index in [-0.39, 0.29) is 11.5 Å². The van der Waals surface area contributed by atoms with Gasteiger partial charge in [-0.3, -0.25) is 4.79 Å². The van der Waals surface area contributed by atoms with Crippen molar-refractivity contribution >= 4 is 28.9 Å². The average molecular weight is 425 g/mol. The third-order valence-corrected chi connectivity index (χ3v) is 6.16. The van der Waals surface area contributed by atoms with Crippen LogP contribution < -0.4 is 0 Å². The van der Waals surface area contributed by atoms with Crippen LogP contribution in [0.3, 0.4) is 0 Å². The van der Waals surface area contributed by atoms with Gasteiger partial charge < -0.3 is 8.98 Å². The maximum absolute atomic E-state index is 12.8. The number of hydrogen-bond donors (Lipinski definition) is 0. The smallest absolute Gasteiger partial charge is 0.277 e. The summed E-state index contributed by atoms with van der Waals surface area (Å²) in [5.74, 6) is 0.795. The Labute approximate surface area is 177 Å². The van der Waals surface area contributed by atoms with Crippen LogP contribution in [0.2, 0.25) is 0 Å². The first-order valence-electron chi connectivity index (χ1n) is 9.15. The van der Waals surface area contributed by atoms with E-state index in [1.165, 1.54) is 11.8 Å². The first-order chi connectivity index (χ1) is 14.0. The zero-order valence-electron chi connectivity index (χ0n) is 16.4. The Bertz CT molecular complexity index is 1140. The summed E-state index contributed by atoms with van der Waals surface area (Å²) >= 11 is 2.85. The van der Waals surface area contributed by atoms with E-state index in [0.29, 0.717) is 17.5 Å². The number of aryl methyl sites for hydroxylation is 2. The molecular formula is C21H20N4O2S2. The standard InChI is InChI=1S/C21H20N4O2S2/c1-13-9-18(14(2)25(13)17-7-5-4-6-8-17)19(26)12-29-21-24-23-20(27-21)10-16-11-28-15(3)22-16/h4-9,11H,10,12H2,1-3H3. The molecule has 0 aliphatic heterocycles. The fraction of sp³-hybridized carbons (Fsp3) is 0.238. The van der Waals surface area contributed by atoms with Gasteiger partial charge in [0, 0.05) is 28.0 Å². The molecule has 29 heavy (non-hydrogen) atoms. The highest BCUT2D eigenvalue weighted by molar-refractivity contribution is 7.99. The highest BCUT2D eigenvalue weighted by Gasteiger charge is 2.18. The molecule has 0 spiro atoms. The molecule has 0 bridgehead atoms. The number of nitrogens with zero attached hydrogens (tertiary/aromatic N) is 4. The van der Waals surface area contributed by atoms with Crippen LogP contribution in [0.4, 0.5) is 0 Å². The Balaban J connectivity index is 1.43. The van der Waals surface area contributed by atoms with Crippen LogP contribution in [0, 0.1) is 20.8 Å². The molecule has 0 unspecified atom stereocenters. The number of hydrogen-bond acceptors (Lipinski definition) is 7. The van der Waals surface area contributed by atoms with Gasteiger partial charge in [0.25, 0.3) is 5.22 Å². The van der Waals surface area contributed by atoms with Crippen LogP contribution in [0.1, 0.15) is 38.3 Å². The summed E-state index contributed by atoms with van der Waals surface area (Å²) in [5, 5.41) is 11.5. The number of para-hydroxylation sites is 1. The van der Waals surface area contributed by atoms with E-state index in [2.05, 4.69) is 19.7 Å². The minimum absolute atomic E-state index is 0.0418. The summed E-state index contributed by atoms with van der Waals surface area (Å²) in [6.07, 6.45) is 0.504. The van der Waals surface area contributed by atoms with Gasteiger partial charge in [0.1, 0.15) is 0 Å². The third-order valence-electron chi connectivity index (χ3n) is 4.52. The molecule has 0 aliphatic rings. The summed E-state index contributed by atoms with van der Waals surface area (Å²) in [6.45, 7) is 5.94. The SMILES string of the molecule is Cc1nc(Cc2nnc(SCC(=O)c3cc(C)n(-c4ccccc4)c3C)o2)cs1. The third kappa shape index (κ3) is 4.33. The molecule has 0 saturated carbocycles. The van der Waals surface area contributed by atoms with Gasteiger partial charge in [-0.1, -0.05) is 30.0 Å². The molecule has 0 fully saturated rings. The summed E-state index contributed by atoms with van der Waals surface area (Å²) in [6, 6.07) is 12.0. The predicted molar refractivity (Wildman–Crippen MR) is 114 cm³/mol. The molecule has 8 heteroatoms. The molecule has 148 valence electrons. The normalized spacial score (nSPS) is 11.1. The number of ketones is 1. The first-order valence-corrected chi connectivity index (χ1v) is 11.0. The maximum atomic E-state index is 12.8. The number of Topliss-reactive ketones (excluding diaryl/α,β-unsaturated/α-hetero) is 1. The van der Waals surface area contributed by atoms with Crippen LogP contribution in [0.25, 0.3) is 5.69 Å². The van der Waals surface area contributed by atoms with Crippen molar-refractivity contribution in [1.82, 2.24) is 19.7 Å². The Morgan fingerprint density at radius 2 is 1.97 bits per heavy atom. The molecule has 0 saturated heterocycles. The monoisotopic (exact) mass is 424 g/mol. The molecule has 0 N–H and O–H groups in total. The minimum Gasteiger partial charge on any atom is -0.416 e. The van der Waals surface area contributed by atoms with Gasteiger partial charge in [-0.05, 0) is 39.0 Å². The molecule has 0 aliphatic carbocycles. The van der Waals surface area contributed by atoms with Crippen molar-refractivity contribution in [3.8, 4) is 5.69 Å². The van der Waals surface area contributed by atoms with Gasteiger partial charge in [-0.25, -0.2) is 4.98 Å². The molecule has 4 rings (SSSR count). The number of aromatic nitrogens is 4. The van der Waals surface area contributed by atoms with Gasteiger partial charge >= 0.3 is 0 Å². The second-order valence-electron chi connectivity index (χ2n) is 6.66. The summed E-state index contributed by atoms with van der Waals surface area (Å²) in [7, 11) is 0. The molecule has 0 radical (unpaired) electrons. The highest BCUT2D eigenvalue weighted by atomic mass is 32.2. The van der Waals surface area contributed by atoms with E-state index in [4.69, 9.17) is 4.42 Å². The Morgan fingerprint density at radius 1 is 1.17 bits per heavy atom. The first kappa shape index (κ1) is 19.6.